The van der Waals surface area contributed by atoms with Gasteiger partial charge < -0.3 is 37.2 Å². The van der Waals surface area contributed by atoms with E-state index in [2.05, 4.69) is 121 Å². The first-order chi connectivity index (χ1) is 14.7. The van der Waals surface area contributed by atoms with Gasteiger partial charge in [0.2, 0.25) is 0 Å². The Morgan fingerprint density at radius 2 is 0.771 bits per heavy atom. The summed E-state index contributed by atoms with van der Waals surface area (Å²) >= 11 is 0. The predicted molar refractivity (Wildman–Crippen MR) is 139 cm³/mol. The van der Waals surface area contributed by atoms with Crippen LogP contribution >= 0.6 is 0 Å². The van der Waals surface area contributed by atoms with E-state index in [1.807, 2.05) is 0 Å². The number of rotatable bonds is 4. The molecule has 35 heavy (non-hydrogen) atoms. The van der Waals surface area contributed by atoms with Crippen LogP contribution in [0.25, 0.3) is 0 Å². The monoisotopic (exact) mass is 574 g/mol. The van der Waals surface area contributed by atoms with Gasteiger partial charge in [0.15, 0.2) is 0 Å². The van der Waals surface area contributed by atoms with Crippen LogP contribution in [0.15, 0.2) is 72.8 Å². The second kappa shape index (κ2) is 13.4. The molecule has 0 aliphatic carbocycles. The fourth-order valence-electron chi connectivity index (χ4n) is 5.47. The summed E-state index contributed by atoms with van der Waals surface area (Å²) in [7, 11) is -2.48. The van der Waals surface area contributed by atoms with Crippen molar-refractivity contribution in [3.63, 3.8) is 0 Å². The number of hydrogen-bond donors (Lipinski definition) is 0. The minimum Gasteiger partial charge on any atom is -1.00 e. The van der Waals surface area contributed by atoms with Crippen molar-refractivity contribution in [2.45, 2.75) is 48.5 Å². The van der Waals surface area contributed by atoms with Crippen molar-refractivity contribution >= 4 is 28.8 Å². The van der Waals surface area contributed by atoms with Crippen LogP contribution in [0.5, 0.6) is 0 Å². The second-order valence-corrected chi connectivity index (χ2v) is 13.3. The van der Waals surface area contributed by atoms with Crippen LogP contribution in [0.3, 0.4) is 0 Å². The molecule has 4 aromatic carbocycles. The molecule has 0 bridgehead atoms. The van der Waals surface area contributed by atoms with E-state index in [4.69, 9.17) is 0 Å². The van der Waals surface area contributed by atoms with Crippen molar-refractivity contribution in [2.75, 3.05) is 0 Å². The Labute approximate surface area is 246 Å². The maximum Gasteiger partial charge on any atom is 4.00 e. The molecule has 0 heterocycles. The fraction of sp³-hybridized carbons (Fsp3) is 0.233. The zero-order valence-corrected chi connectivity index (χ0v) is 26.4. The maximum atomic E-state index is 2.45. The first-order valence-electron chi connectivity index (χ1n) is 11.2. The molecule has 0 atom stereocenters. The Morgan fingerprint density at radius 3 is 1.00 bits per heavy atom. The Hall–Kier alpha value is -1.19. The van der Waals surface area contributed by atoms with Crippen molar-refractivity contribution in [1.29, 1.82) is 0 Å². The molecular weight excluding hydrogens is 543 g/mol. The summed E-state index contributed by atoms with van der Waals surface area (Å²) in [5.74, 6) is 0. The van der Waals surface area contributed by atoms with Gasteiger partial charge in [-0.1, -0.05) is 110 Å². The van der Waals surface area contributed by atoms with Gasteiger partial charge in [-0.2, -0.15) is 11.6 Å². The fourth-order valence-corrected chi connectivity index (χ4v) is 11.1. The van der Waals surface area contributed by atoms with Gasteiger partial charge in [-0.3, -0.25) is 0 Å². The third kappa shape index (κ3) is 6.58. The molecule has 0 amide bonds. The van der Waals surface area contributed by atoms with Gasteiger partial charge >= 0.3 is 21.7 Å². The van der Waals surface area contributed by atoms with E-state index in [1.54, 1.807) is 0 Å². The largest absolute Gasteiger partial charge is 4.00 e. The van der Waals surface area contributed by atoms with E-state index < -0.39 is 8.07 Å². The minimum atomic E-state index is -2.48. The number of halogens is 3. The van der Waals surface area contributed by atoms with Crippen molar-refractivity contribution in [2.24, 2.45) is 0 Å². The summed E-state index contributed by atoms with van der Waals surface area (Å²) in [5, 5.41) is 5.95. The van der Waals surface area contributed by atoms with Gasteiger partial charge in [-0.15, -0.1) is 5.19 Å². The Kier molecular flexibility index (Phi) is 12.9. The molecule has 0 fully saturated rings. The summed E-state index contributed by atoms with van der Waals surface area (Å²) in [6, 6.07) is 28.5. The average Bonchev–Trinajstić information content (AvgIpc) is 3.06. The Bertz CT molecular complexity index is 1090. The number of aryl methyl sites for hydroxylation is 7. The van der Waals surface area contributed by atoms with Crippen LogP contribution in [0.2, 0.25) is 0 Å². The zero-order chi connectivity index (χ0) is 22.3. The molecule has 0 saturated carbocycles. The smallest absolute Gasteiger partial charge is 1.00 e. The van der Waals surface area contributed by atoms with E-state index in [0.29, 0.717) is 0 Å². The molecule has 0 unspecified atom stereocenters. The van der Waals surface area contributed by atoms with Gasteiger partial charge in [0.1, 0.15) is 8.07 Å². The van der Waals surface area contributed by atoms with Gasteiger partial charge in [-0.25, -0.2) is 12.1 Å². The van der Waals surface area contributed by atoms with E-state index in [9.17, 15) is 0 Å². The SMILES string of the molecule is Cc1cc(C)cc([Si](c2cc(C)cc(C)c2)(c2cc(C)cc(C)c2)[c-]2cccc2C)c1.[Cl-].[Cl-].[Cl-].[Ti+4]. The summed E-state index contributed by atoms with van der Waals surface area (Å²) in [4.78, 5) is 0. The second-order valence-electron chi connectivity index (χ2n) is 9.50. The standard InChI is InChI=1S/C30H33Si.3ClH.Ti/c1-20-11-21(2)15-27(14-20)31(30-10-8-9-26(30)7,28-16-22(3)12-23(4)17-28)29-18-24(5)13-25(6)19-29;;;;/h8-19H,1-7H3;3*1H;/q-1;;;;+4/p-3. The summed E-state index contributed by atoms with van der Waals surface area (Å²) in [6.45, 7) is 15.7. The van der Waals surface area contributed by atoms with Crippen LogP contribution in [-0.4, -0.2) is 8.07 Å². The first kappa shape index (κ1) is 33.8. The molecule has 0 nitrogen and oxygen atoms in total. The first-order valence-corrected chi connectivity index (χ1v) is 13.2. The molecular formula is C30H33Cl3SiTi. The van der Waals surface area contributed by atoms with Crippen molar-refractivity contribution in [3.05, 3.63) is 112 Å². The molecule has 4 aromatic rings. The normalized spacial score (nSPS) is 10.4. The molecule has 0 spiro atoms. The molecule has 0 radical (unpaired) electrons. The van der Waals surface area contributed by atoms with Crippen molar-refractivity contribution in [1.82, 2.24) is 0 Å². The Balaban J connectivity index is 0.00000289. The number of hydrogen-bond acceptors (Lipinski definition) is 0. The zero-order valence-electron chi connectivity index (χ0n) is 21.6. The van der Waals surface area contributed by atoms with Crippen LogP contribution in [0.1, 0.15) is 38.9 Å². The predicted octanol–water partition coefficient (Wildman–Crippen LogP) is -4.05. The molecule has 0 aliphatic rings. The molecule has 0 N–H and O–H groups in total. The van der Waals surface area contributed by atoms with Gasteiger partial charge in [0.25, 0.3) is 0 Å². The van der Waals surface area contributed by atoms with Crippen molar-refractivity contribution in [3.8, 4) is 0 Å². The van der Waals surface area contributed by atoms with Crippen LogP contribution in [0.4, 0.5) is 0 Å². The molecule has 0 aromatic heterocycles. The molecule has 0 saturated heterocycles. The van der Waals surface area contributed by atoms with E-state index in [-0.39, 0.29) is 58.9 Å². The third-order valence-electron chi connectivity index (χ3n) is 6.40. The van der Waals surface area contributed by atoms with E-state index in [1.165, 1.54) is 59.7 Å². The van der Waals surface area contributed by atoms with Gasteiger partial charge in [0.05, 0.1) is 0 Å². The van der Waals surface area contributed by atoms with Crippen LogP contribution < -0.4 is 58.0 Å². The topological polar surface area (TPSA) is 0 Å². The van der Waals surface area contributed by atoms with Crippen molar-refractivity contribution < 1.29 is 58.9 Å². The van der Waals surface area contributed by atoms with Crippen LogP contribution in [-0.2, 0) is 21.7 Å². The van der Waals surface area contributed by atoms with E-state index in [0.717, 1.165) is 0 Å². The Morgan fingerprint density at radius 1 is 0.486 bits per heavy atom. The third-order valence-corrected chi connectivity index (χ3v) is 11.2. The number of benzene rings is 3. The summed E-state index contributed by atoms with van der Waals surface area (Å²) in [6.07, 6.45) is 0. The summed E-state index contributed by atoms with van der Waals surface area (Å²) < 4.78 is 0. The molecule has 5 heteroatoms. The molecule has 0 aliphatic heterocycles. The van der Waals surface area contributed by atoms with Crippen LogP contribution in [0, 0.1) is 48.5 Å². The quantitative estimate of drug-likeness (QED) is 0.132. The van der Waals surface area contributed by atoms with Gasteiger partial charge in [0, 0.05) is 0 Å². The molecule has 4 rings (SSSR count). The average molecular weight is 576 g/mol. The minimum absolute atomic E-state index is 0. The summed E-state index contributed by atoms with van der Waals surface area (Å²) in [5.41, 5.74) is 9.42. The van der Waals surface area contributed by atoms with Gasteiger partial charge in [-0.05, 0) is 41.5 Å². The molecule has 182 valence electrons. The maximum absolute atomic E-state index is 2.48. The van der Waals surface area contributed by atoms with E-state index >= 15 is 0 Å².